The van der Waals surface area contributed by atoms with Crippen molar-refractivity contribution in [2.75, 3.05) is 6.79 Å². The molecule has 0 aromatic carbocycles. The fourth-order valence-corrected chi connectivity index (χ4v) is 0.376. The molecule has 0 aromatic heterocycles. The molecule has 3 N–H and O–H groups in total. The minimum Gasteiger partial charge on any atom is -0.479 e. The summed E-state index contributed by atoms with van der Waals surface area (Å²) in [6.07, 6.45) is -2.43. The van der Waals surface area contributed by atoms with E-state index >= 15 is 0 Å². The maximum atomic E-state index is 10.4. The van der Waals surface area contributed by atoms with Gasteiger partial charge >= 0.3 is 11.9 Å². The van der Waals surface area contributed by atoms with Gasteiger partial charge in [0, 0.05) is 0 Å². The Morgan fingerprint density at radius 3 is 2.36 bits per heavy atom. The quantitative estimate of drug-likeness (QED) is 0.338. The van der Waals surface area contributed by atoms with Crippen LogP contribution < -0.4 is 0 Å². The number of esters is 1. The Bertz CT molecular complexity index is 153. The molecule has 64 valence electrons. The largest absolute Gasteiger partial charge is 0.479 e. The molecular formula is C5H8O6. The Morgan fingerprint density at radius 1 is 1.45 bits per heavy atom. The molecule has 0 aliphatic rings. The van der Waals surface area contributed by atoms with Gasteiger partial charge in [0.1, 0.15) is 0 Å². The van der Waals surface area contributed by atoms with Crippen LogP contribution in [-0.2, 0) is 14.3 Å². The van der Waals surface area contributed by atoms with Crippen molar-refractivity contribution in [1.82, 2.24) is 0 Å². The average molecular weight is 164 g/mol. The third-order valence-corrected chi connectivity index (χ3v) is 0.871. The van der Waals surface area contributed by atoms with Gasteiger partial charge in [0.25, 0.3) is 0 Å². The zero-order chi connectivity index (χ0) is 8.85. The summed E-state index contributed by atoms with van der Waals surface area (Å²) < 4.78 is 3.96. The summed E-state index contributed by atoms with van der Waals surface area (Å²) in [6.45, 7) is -0.814. The van der Waals surface area contributed by atoms with Crippen LogP contribution in [0.4, 0.5) is 0 Å². The molecule has 1 unspecified atom stereocenters. The minimum atomic E-state index is -1.77. The van der Waals surface area contributed by atoms with E-state index in [9.17, 15) is 9.59 Å². The lowest BCUT2D eigenvalue weighted by Gasteiger charge is -2.03. The highest BCUT2D eigenvalue weighted by molar-refractivity contribution is 5.80. The molecule has 11 heavy (non-hydrogen) atoms. The van der Waals surface area contributed by atoms with E-state index in [-0.39, 0.29) is 0 Å². The lowest BCUT2D eigenvalue weighted by Crippen LogP contribution is -2.24. The number of carboxylic acids is 1. The summed E-state index contributed by atoms with van der Waals surface area (Å²) in [5.74, 6) is -2.46. The van der Waals surface area contributed by atoms with Crippen molar-refractivity contribution in [3.05, 3.63) is 0 Å². The number of hydrogen-bond acceptors (Lipinski definition) is 5. The Morgan fingerprint density at radius 2 is 2.00 bits per heavy atom. The second kappa shape index (κ2) is 4.64. The second-order valence-electron chi connectivity index (χ2n) is 1.70. The van der Waals surface area contributed by atoms with Crippen LogP contribution >= 0.6 is 0 Å². The fourth-order valence-electron chi connectivity index (χ4n) is 0.376. The summed E-state index contributed by atoms with van der Waals surface area (Å²) in [4.78, 5) is 20.3. The fraction of sp³-hybridized carbons (Fsp3) is 0.600. The molecule has 0 aromatic rings. The Kier molecular flexibility index (Phi) is 4.16. The van der Waals surface area contributed by atoms with Gasteiger partial charge in [0.05, 0.1) is 6.42 Å². The van der Waals surface area contributed by atoms with E-state index in [1.54, 1.807) is 0 Å². The first-order valence-corrected chi connectivity index (χ1v) is 2.75. The van der Waals surface area contributed by atoms with Crippen molar-refractivity contribution in [2.24, 2.45) is 0 Å². The molecule has 0 aliphatic carbocycles. The highest BCUT2D eigenvalue weighted by Crippen LogP contribution is 1.93. The number of ether oxygens (including phenoxy) is 1. The van der Waals surface area contributed by atoms with Crippen LogP contribution in [0.2, 0.25) is 0 Å². The van der Waals surface area contributed by atoms with Gasteiger partial charge in [0.2, 0.25) is 0 Å². The van der Waals surface area contributed by atoms with Gasteiger partial charge in [-0.05, 0) is 0 Å². The third-order valence-electron chi connectivity index (χ3n) is 0.871. The van der Waals surface area contributed by atoms with Gasteiger partial charge in [-0.15, -0.1) is 0 Å². The van der Waals surface area contributed by atoms with Crippen LogP contribution in [0.5, 0.6) is 0 Å². The molecule has 6 heteroatoms. The molecule has 0 saturated carbocycles. The molecule has 0 bridgehead atoms. The van der Waals surface area contributed by atoms with Crippen molar-refractivity contribution in [3.8, 4) is 0 Å². The second-order valence-corrected chi connectivity index (χ2v) is 1.70. The molecule has 0 fully saturated rings. The van der Waals surface area contributed by atoms with Crippen molar-refractivity contribution in [2.45, 2.75) is 12.5 Å². The molecule has 0 rings (SSSR count). The van der Waals surface area contributed by atoms with Gasteiger partial charge in [-0.3, -0.25) is 4.79 Å². The predicted octanol–water partition coefficient (Wildman–Crippen LogP) is -1.68. The first kappa shape index (κ1) is 9.86. The van der Waals surface area contributed by atoms with Gasteiger partial charge in [-0.1, -0.05) is 0 Å². The zero-order valence-corrected chi connectivity index (χ0v) is 5.56. The first-order chi connectivity index (χ1) is 5.07. The molecule has 6 nitrogen and oxygen atoms in total. The summed E-state index contributed by atoms with van der Waals surface area (Å²) in [6, 6.07) is 0. The van der Waals surface area contributed by atoms with Crippen molar-refractivity contribution < 1.29 is 29.6 Å². The number of aliphatic hydroxyl groups is 2. The van der Waals surface area contributed by atoms with E-state index < -0.39 is 31.3 Å². The Balaban J connectivity index is 3.66. The summed E-state index contributed by atoms with van der Waals surface area (Å²) in [5.41, 5.74) is 0. The van der Waals surface area contributed by atoms with Crippen LogP contribution in [-0.4, -0.2) is 40.2 Å². The molecular weight excluding hydrogens is 156 g/mol. The molecule has 1 atom stereocenters. The highest BCUT2D eigenvalue weighted by Gasteiger charge is 2.18. The van der Waals surface area contributed by atoms with E-state index in [4.69, 9.17) is 15.3 Å². The molecule has 0 radical (unpaired) electrons. The van der Waals surface area contributed by atoms with Gasteiger partial charge < -0.3 is 20.1 Å². The van der Waals surface area contributed by atoms with E-state index in [0.29, 0.717) is 0 Å². The van der Waals surface area contributed by atoms with Crippen LogP contribution in [0.15, 0.2) is 0 Å². The molecule has 0 saturated heterocycles. The number of carbonyl (C=O) groups is 2. The van der Waals surface area contributed by atoms with Crippen molar-refractivity contribution in [1.29, 1.82) is 0 Å². The third kappa shape index (κ3) is 4.29. The van der Waals surface area contributed by atoms with Gasteiger partial charge in [-0.2, -0.15) is 0 Å². The Hall–Kier alpha value is -1.14. The summed E-state index contributed by atoms with van der Waals surface area (Å²) in [5, 5.41) is 24.6. The molecule has 0 heterocycles. The van der Waals surface area contributed by atoms with E-state index in [1.165, 1.54) is 0 Å². The zero-order valence-electron chi connectivity index (χ0n) is 5.56. The lowest BCUT2D eigenvalue weighted by molar-refractivity contribution is -0.160. The number of aliphatic carboxylic acids is 1. The number of aliphatic hydroxyl groups excluding tert-OH is 2. The monoisotopic (exact) mass is 164 g/mol. The predicted molar refractivity (Wildman–Crippen MR) is 31.4 cm³/mol. The standard InChI is InChI=1S/C5H8O6/c6-2-11-4(8)1-3(7)5(9)10/h3,6-7H,1-2H2,(H,9,10). The number of carboxylic acid groups (broad SMARTS) is 1. The van der Waals surface area contributed by atoms with Crippen molar-refractivity contribution >= 4 is 11.9 Å². The minimum absolute atomic E-state index is 0.657. The maximum Gasteiger partial charge on any atom is 0.333 e. The topological polar surface area (TPSA) is 104 Å². The number of hydrogen-bond donors (Lipinski definition) is 3. The smallest absolute Gasteiger partial charge is 0.333 e. The number of rotatable bonds is 4. The van der Waals surface area contributed by atoms with Gasteiger partial charge in [0.15, 0.2) is 12.9 Å². The van der Waals surface area contributed by atoms with Crippen LogP contribution in [0.1, 0.15) is 6.42 Å². The van der Waals surface area contributed by atoms with Crippen molar-refractivity contribution in [3.63, 3.8) is 0 Å². The van der Waals surface area contributed by atoms with E-state index in [0.717, 1.165) is 0 Å². The highest BCUT2D eigenvalue weighted by atomic mass is 16.6. The van der Waals surface area contributed by atoms with Crippen LogP contribution in [0.25, 0.3) is 0 Å². The number of carbonyl (C=O) groups excluding carboxylic acids is 1. The molecule has 0 spiro atoms. The Labute approximate surface area is 62.0 Å². The van der Waals surface area contributed by atoms with Gasteiger partial charge in [-0.25, -0.2) is 4.79 Å². The van der Waals surface area contributed by atoms with E-state index in [2.05, 4.69) is 4.74 Å². The van der Waals surface area contributed by atoms with Crippen LogP contribution in [0.3, 0.4) is 0 Å². The average Bonchev–Trinajstić information content (AvgIpc) is 1.87. The normalized spacial score (nSPS) is 12.2. The maximum absolute atomic E-state index is 10.4. The summed E-state index contributed by atoms with van der Waals surface area (Å²) in [7, 11) is 0. The van der Waals surface area contributed by atoms with Crippen LogP contribution in [0, 0.1) is 0 Å². The SMILES string of the molecule is O=C(CC(O)C(=O)O)OCO. The van der Waals surface area contributed by atoms with E-state index in [1.807, 2.05) is 0 Å². The summed E-state index contributed by atoms with van der Waals surface area (Å²) >= 11 is 0. The first-order valence-electron chi connectivity index (χ1n) is 2.75. The molecule has 0 amide bonds. The lowest BCUT2D eigenvalue weighted by atomic mass is 10.3. The molecule has 0 aliphatic heterocycles.